The van der Waals surface area contributed by atoms with Gasteiger partial charge in [0.2, 0.25) is 5.91 Å². The van der Waals surface area contributed by atoms with Crippen LogP contribution in [-0.2, 0) is 18.3 Å². The average molecular weight is 359 g/mol. The molecule has 1 aromatic heterocycles. The number of benzene rings is 1. The number of ether oxygens (including phenoxy) is 1. The fraction of sp³-hybridized carbons (Fsp3) is 0.474. The molecule has 7 heteroatoms. The number of hydrogen-bond donors (Lipinski definition) is 2. The molecule has 26 heavy (non-hydrogen) atoms. The summed E-state index contributed by atoms with van der Waals surface area (Å²) in [6.45, 7) is 2.14. The summed E-state index contributed by atoms with van der Waals surface area (Å²) in [5.74, 6) is 0.815. The van der Waals surface area contributed by atoms with Crippen molar-refractivity contribution >= 4 is 5.91 Å². The first kappa shape index (κ1) is 19.9. The van der Waals surface area contributed by atoms with Crippen LogP contribution in [0.5, 0.6) is 5.75 Å². The number of aryl methyl sites for hydroxylation is 1. The molecule has 0 saturated heterocycles. The van der Waals surface area contributed by atoms with Crippen molar-refractivity contribution in [2.24, 2.45) is 7.05 Å². The number of likely N-dealkylation sites (N-methyl/N-ethyl adjacent to an activating group) is 2. The van der Waals surface area contributed by atoms with E-state index in [-0.39, 0.29) is 5.91 Å². The zero-order valence-corrected chi connectivity index (χ0v) is 16.0. The maximum Gasteiger partial charge on any atom is 0.241 e. The van der Waals surface area contributed by atoms with Crippen molar-refractivity contribution in [3.05, 3.63) is 47.8 Å². The number of nitrogens with one attached hydrogen (secondary N) is 2. The first-order valence-electron chi connectivity index (χ1n) is 8.79. The Bertz CT molecular complexity index is 681. The van der Waals surface area contributed by atoms with Crippen molar-refractivity contribution in [1.82, 2.24) is 25.3 Å². The molecule has 0 bridgehead atoms. The van der Waals surface area contributed by atoms with Crippen LogP contribution in [-0.4, -0.2) is 61.4 Å². The number of rotatable bonds is 10. The highest BCUT2D eigenvalue weighted by Crippen LogP contribution is 2.13. The summed E-state index contributed by atoms with van der Waals surface area (Å²) in [6, 6.07) is 7.62. The number of carbonyl (C=O) groups excluding carboxylic acids is 1. The number of aromatic nitrogens is 2. The number of hydrogen-bond acceptors (Lipinski definition) is 5. The third kappa shape index (κ3) is 6.16. The van der Waals surface area contributed by atoms with Gasteiger partial charge in [-0.2, -0.15) is 5.10 Å². The van der Waals surface area contributed by atoms with Gasteiger partial charge in [0.05, 0.1) is 6.20 Å². The van der Waals surface area contributed by atoms with E-state index < -0.39 is 6.04 Å². The van der Waals surface area contributed by atoms with Crippen LogP contribution in [0.1, 0.15) is 17.2 Å². The van der Waals surface area contributed by atoms with E-state index in [1.165, 1.54) is 0 Å². The molecule has 0 saturated carbocycles. The summed E-state index contributed by atoms with van der Waals surface area (Å²) in [5.41, 5.74) is 2.01. The molecule has 142 valence electrons. The van der Waals surface area contributed by atoms with Gasteiger partial charge in [0.1, 0.15) is 18.4 Å². The monoisotopic (exact) mass is 359 g/mol. The molecular formula is C19H29N5O2. The first-order chi connectivity index (χ1) is 12.5. The predicted octanol–water partition coefficient (Wildman–Crippen LogP) is 0.980. The Morgan fingerprint density at radius 3 is 2.62 bits per heavy atom. The van der Waals surface area contributed by atoms with Crippen molar-refractivity contribution in [2.45, 2.75) is 12.5 Å². The molecule has 2 rings (SSSR count). The van der Waals surface area contributed by atoms with Gasteiger partial charge in [-0.15, -0.1) is 0 Å². The van der Waals surface area contributed by atoms with E-state index in [1.807, 2.05) is 51.6 Å². The van der Waals surface area contributed by atoms with Crippen molar-refractivity contribution in [3.63, 3.8) is 0 Å². The standard InChI is InChI=1S/C19H29N5O2/c1-20-18(16-13-22-24(4)14-16)19(25)21-10-9-15-5-7-17(8-6-15)26-12-11-23(2)3/h5-8,13-14,18,20H,9-12H2,1-4H3,(H,21,25). The number of nitrogens with zero attached hydrogens (tertiary/aromatic N) is 3. The van der Waals surface area contributed by atoms with Crippen molar-refractivity contribution in [3.8, 4) is 5.75 Å². The lowest BCUT2D eigenvalue weighted by atomic mass is 10.1. The molecular weight excluding hydrogens is 330 g/mol. The Hall–Kier alpha value is -2.38. The third-order valence-electron chi connectivity index (χ3n) is 4.05. The zero-order chi connectivity index (χ0) is 18.9. The Balaban J connectivity index is 1.77. The minimum Gasteiger partial charge on any atom is -0.492 e. The van der Waals surface area contributed by atoms with Crippen LogP contribution in [0.2, 0.25) is 0 Å². The lowest BCUT2D eigenvalue weighted by molar-refractivity contribution is -0.123. The van der Waals surface area contributed by atoms with Crippen LogP contribution < -0.4 is 15.4 Å². The summed E-state index contributed by atoms with van der Waals surface area (Å²) < 4.78 is 7.37. The van der Waals surface area contributed by atoms with Gasteiger partial charge >= 0.3 is 0 Å². The second-order valence-electron chi connectivity index (χ2n) is 6.51. The second-order valence-corrected chi connectivity index (χ2v) is 6.51. The van der Waals surface area contributed by atoms with Crippen LogP contribution in [0, 0.1) is 0 Å². The summed E-state index contributed by atoms with van der Waals surface area (Å²) >= 11 is 0. The molecule has 1 aromatic carbocycles. The van der Waals surface area contributed by atoms with Crippen LogP contribution in [0.3, 0.4) is 0 Å². The summed E-state index contributed by atoms with van der Waals surface area (Å²) in [5, 5.41) is 10.1. The van der Waals surface area contributed by atoms with E-state index >= 15 is 0 Å². The zero-order valence-electron chi connectivity index (χ0n) is 16.0. The van der Waals surface area contributed by atoms with Gasteiger partial charge in [-0.1, -0.05) is 12.1 Å². The molecule has 2 N–H and O–H groups in total. The molecule has 0 spiro atoms. The number of carbonyl (C=O) groups is 1. The van der Waals surface area contributed by atoms with Crippen molar-refractivity contribution in [1.29, 1.82) is 0 Å². The minimum atomic E-state index is -0.392. The molecule has 7 nitrogen and oxygen atoms in total. The van der Waals surface area contributed by atoms with Crippen LogP contribution in [0.25, 0.3) is 0 Å². The molecule has 0 aliphatic heterocycles. The molecule has 0 fully saturated rings. The Labute approximate surface area is 155 Å². The summed E-state index contributed by atoms with van der Waals surface area (Å²) in [6.07, 6.45) is 4.32. The van der Waals surface area contributed by atoms with E-state index in [9.17, 15) is 4.79 Å². The molecule has 1 heterocycles. The Kier molecular flexibility index (Phi) is 7.62. The first-order valence-corrected chi connectivity index (χ1v) is 8.79. The molecule has 0 aliphatic carbocycles. The molecule has 1 amide bonds. The summed E-state index contributed by atoms with van der Waals surface area (Å²) in [7, 11) is 7.65. The van der Waals surface area contributed by atoms with E-state index in [0.29, 0.717) is 13.2 Å². The highest BCUT2D eigenvalue weighted by Gasteiger charge is 2.19. The molecule has 0 radical (unpaired) electrons. The van der Waals surface area contributed by atoms with E-state index in [0.717, 1.165) is 29.8 Å². The van der Waals surface area contributed by atoms with Gasteiger partial charge in [0.15, 0.2) is 0 Å². The quantitative estimate of drug-likeness (QED) is 0.662. The van der Waals surface area contributed by atoms with Crippen molar-refractivity contribution in [2.75, 3.05) is 40.8 Å². The van der Waals surface area contributed by atoms with Gasteiger partial charge in [0, 0.05) is 31.9 Å². The Morgan fingerprint density at radius 1 is 1.31 bits per heavy atom. The van der Waals surface area contributed by atoms with Gasteiger partial charge in [-0.05, 0) is 45.3 Å². The third-order valence-corrected chi connectivity index (χ3v) is 4.05. The normalized spacial score (nSPS) is 12.2. The van der Waals surface area contributed by atoms with Gasteiger partial charge in [-0.25, -0.2) is 0 Å². The van der Waals surface area contributed by atoms with E-state index in [2.05, 4.69) is 20.6 Å². The fourth-order valence-corrected chi connectivity index (χ4v) is 2.57. The van der Waals surface area contributed by atoms with Gasteiger partial charge in [-0.3, -0.25) is 9.48 Å². The molecule has 0 aliphatic rings. The largest absolute Gasteiger partial charge is 0.492 e. The minimum absolute atomic E-state index is 0.0517. The van der Waals surface area contributed by atoms with Crippen molar-refractivity contribution < 1.29 is 9.53 Å². The molecule has 1 unspecified atom stereocenters. The second kappa shape index (κ2) is 9.94. The lowest BCUT2D eigenvalue weighted by Gasteiger charge is -2.14. The van der Waals surface area contributed by atoms with Gasteiger partial charge in [0.25, 0.3) is 0 Å². The maximum absolute atomic E-state index is 12.4. The SMILES string of the molecule is CNC(C(=O)NCCc1ccc(OCCN(C)C)cc1)c1cnn(C)c1. The van der Waals surface area contributed by atoms with Gasteiger partial charge < -0.3 is 20.3 Å². The van der Waals surface area contributed by atoms with Crippen LogP contribution in [0.4, 0.5) is 0 Å². The maximum atomic E-state index is 12.4. The summed E-state index contributed by atoms with van der Waals surface area (Å²) in [4.78, 5) is 14.5. The molecule has 2 aromatic rings. The van der Waals surface area contributed by atoms with E-state index in [1.54, 1.807) is 17.9 Å². The highest BCUT2D eigenvalue weighted by molar-refractivity contribution is 5.83. The predicted molar refractivity (Wildman–Crippen MR) is 102 cm³/mol. The Morgan fingerprint density at radius 2 is 2.04 bits per heavy atom. The average Bonchev–Trinajstić information content (AvgIpc) is 3.03. The topological polar surface area (TPSA) is 71.4 Å². The smallest absolute Gasteiger partial charge is 0.241 e. The highest BCUT2D eigenvalue weighted by atomic mass is 16.5. The number of amides is 1. The van der Waals surface area contributed by atoms with Crippen LogP contribution >= 0.6 is 0 Å². The van der Waals surface area contributed by atoms with Crippen LogP contribution in [0.15, 0.2) is 36.7 Å². The lowest BCUT2D eigenvalue weighted by Crippen LogP contribution is -2.36. The molecule has 1 atom stereocenters. The fourth-order valence-electron chi connectivity index (χ4n) is 2.57. The van der Waals surface area contributed by atoms with E-state index in [4.69, 9.17) is 4.74 Å².